The zero-order valence-electron chi connectivity index (χ0n) is 13.2. The van der Waals surface area contributed by atoms with E-state index in [1.54, 1.807) is 19.1 Å². The van der Waals surface area contributed by atoms with Gasteiger partial charge >= 0.3 is 0 Å². The summed E-state index contributed by atoms with van der Waals surface area (Å²) in [4.78, 5) is 0.225. The number of sulfonamides is 1. The van der Waals surface area contributed by atoms with Crippen molar-refractivity contribution in [1.82, 2.24) is 4.31 Å². The lowest BCUT2D eigenvalue weighted by atomic mass is 10.0. The van der Waals surface area contributed by atoms with Gasteiger partial charge in [0.15, 0.2) is 9.84 Å². The molecule has 0 radical (unpaired) electrons. The highest BCUT2D eigenvalue weighted by molar-refractivity contribution is 7.92. The fourth-order valence-electron chi connectivity index (χ4n) is 2.79. The monoisotopic (exact) mass is 345 g/mol. The van der Waals surface area contributed by atoms with Crippen molar-refractivity contribution in [3.05, 3.63) is 29.8 Å². The van der Waals surface area contributed by atoms with Gasteiger partial charge in [-0.05, 0) is 30.0 Å². The molecule has 2 rings (SSSR count). The molecule has 1 fully saturated rings. The van der Waals surface area contributed by atoms with E-state index in [1.807, 2.05) is 26.0 Å². The summed E-state index contributed by atoms with van der Waals surface area (Å²) in [5, 5.41) is 0. The van der Waals surface area contributed by atoms with Gasteiger partial charge in [0.1, 0.15) is 0 Å². The zero-order valence-corrected chi connectivity index (χ0v) is 14.8. The van der Waals surface area contributed by atoms with Gasteiger partial charge in [0, 0.05) is 12.6 Å². The van der Waals surface area contributed by atoms with Crippen molar-refractivity contribution in [2.75, 3.05) is 18.1 Å². The van der Waals surface area contributed by atoms with Crippen LogP contribution in [0.15, 0.2) is 29.2 Å². The second-order valence-electron chi connectivity index (χ2n) is 5.99. The number of benzene rings is 1. The summed E-state index contributed by atoms with van der Waals surface area (Å²) in [5.41, 5.74) is 1.07. The van der Waals surface area contributed by atoms with E-state index in [2.05, 4.69) is 0 Å². The Morgan fingerprint density at radius 3 is 2.23 bits per heavy atom. The van der Waals surface area contributed by atoms with Crippen LogP contribution in [0.25, 0.3) is 0 Å². The molecule has 124 valence electrons. The first kappa shape index (κ1) is 17.4. The Bertz CT molecular complexity index is 721. The van der Waals surface area contributed by atoms with Crippen LogP contribution in [0.3, 0.4) is 0 Å². The summed E-state index contributed by atoms with van der Waals surface area (Å²) in [5.74, 6) is 0.319. The van der Waals surface area contributed by atoms with Gasteiger partial charge in [0.25, 0.3) is 0 Å². The molecular weight excluding hydrogens is 322 g/mol. The van der Waals surface area contributed by atoms with Gasteiger partial charge in [-0.2, -0.15) is 4.31 Å². The van der Waals surface area contributed by atoms with Crippen LogP contribution in [-0.4, -0.2) is 45.2 Å². The fourth-order valence-corrected chi connectivity index (χ4v) is 6.28. The van der Waals surface area contributed by atoms with Crippen LogP contribution in [0.1, 0.15) is 38.7 Å². The fraction of sp³-hybridized carbons (Fsp3) is 0.600. The van der Waals surface area contributed by atoms with E-state index in [9.17, 15) is 16.8 Å². The summed E-state index contributed by atoms with van der Waals surface area (Å²) in [6.45, 7) is 6.11. The number of nitrogens with zero attached hydrogens (tertiary/aromatic N) is 1. The summed E-state index contributed by atoms with van der Waals surface area (Å²) in [7, 11) is -6.78. The molecule has 0 aromatic heterocycles. The molecule has 0 saturated carbocycles. The maximum Gasteiger partial charge on any atom is 0.243 e. The Morgan fingerprint density at radius 1 is 1.23 bits per heavy atom. The Morgan fingerprint density at radius 2 is 1.82 bits per heavy atom. The van der Waals surface area contributed by atoms with Gasteiger partial charge in [-0.15, -0.1) is 0 Å². The highest BCUT2D eigenvalue weighted by Crippen LogP contribution is 2.26. The molecular formula is C15H23NO4S2. The molecule has 1 atom stereocenters. The predicted octanol–water partition coefficient (Wildman–Crippen LogP) is 2.01. The van der Waals surface area contributed by atoms with Gasteiger partial charge < -0.3 is 0 Å². The third kappa shape index (κ3) is 3.52. The quantitative estimate of drug-likeness (QED) is 0.818. The molecule has 0 aliphatic carbocycles. The molecule has 0 bridgehead atoms. The SMILES string of the molecule is CCN(C1CCS(=O)(=O)C1)S(=O)(=O)c1ccc(C(C)C)cc1. The van der Waals surface area contributed by atoms with Gasteiger partial charge in [0.05, 0.1) is 16.4 Å². The molecule has 1 unspecified atom stereocenters. The minimum atomic E-state index is -3.66. The lowest BCUT2D eigenvalue weighted by Crippen LogP contribution is -2.40. The molecule has 1 aliphatic rings. The molecule has 0 spiro atoms. The third-order valence-corrected chi connectivity index (χ3v) is 7.87. The van der Waals surface area contributed by atoms with Crippen LogP contribution in [0.5, 0.6) is 0 Å². The number of rotatable bonds is 5. The van der Waals surface area contributed by atoms with Crippen LogP contribution in [0.2, 0.25) is 0 Å². The van der Waals surface area contributed by atoms with Crippen molar-refractivity contribution < 1.29 is 16.8 Å². The average Bonchev–Trinajstić information content (AvgIpc) is 2.79. The van der Waals surface area contributed by atoms with Gasteiger partial charge in [-0.3, -0.25) is 0 Å². The van der Waals surface area contributed by atoms with Crippen LogP contribution in [-0.2, 0) is 19.9 Å². The van der Waals surface area contributed by atoms with Crippen molar-refractivity contribution in [3.63, 3.8) is 0 Å². The summed E-state index contributed by atoms with van der Waals surface area (Å²) in [6.07, 6.45) is 0.374. The normalized spacial score (nSPS) is 21.6. The molecule has 1 aromatic carbocycles. The van der Waals surface area contributed by atoms with Crippen molar-refractivity contribution in [2.45, 2.75) is 44.0 Å². The van der Waals surface area contributed by atoms with Gasteiger partial charge in [-0.1, -0.05) is 32.9 Å². The molecule has 1 heterocycles. The van der Waals surface area contributed by atoms with E-state index >= 15 is 0 Å². The number of hydrogen-bond acceptors (Lipinski definition) is 4. The lowest BCUT2D eigenvalue weighted by Gasteiger charge is -2.26. The molecule has 1 aliphatic heterocycles. The van der Waals surface area contributed by atoms with E-state index in [-0.39, 0.29) is 22.9 Å². The summed E-state index contributed by atoms with van der Waals surface area (Å²) < 4.78 is 50.1. The Balaban J connectivity index is 2.31. The highest BCUT2D eigenvalue weighted by Gasteiger charge is 2.37. The van der Waals surface area contributed by atoms with Gasteiger partial charge in [-0.25, -0.2) is 16.8 Å². The van der Waals surface area contributed by atoms with E-state index in [0.717, 1.165) is 5.56 Å². The van der Waals surface area contributed by atoms with Gasteiger partial charge in [0.2, 0.25) is 10.0 Å². The second kappa shape index (κ2) is 6.29. The first-order chi connectivity index (χ1) is 10.2. The molecule has 22 heavy (non-hydrogen) atoms. The molecule has 5 nitrogen and oxygen atoms in total. The lowest BCUT2D eigenvalue weighted by molar-refractivity contribution is 0.354. The van der Waals surface area contributed by atoms with Crippen LogP contribution >= 0.6 is 0 Å². The smallest absolute Gasteiger partial charge is 0.229 e. The first-order valence-corrected chi connectivity index (χ1v) is 10.8. The van der Waals surface area contributed by atoms with Crippen molar-refractivity contribution in [1.29, 1.82) is 0 Å². The highest BCUT2D eigenvalue weighted by atomic mass is 32.2. The third-order valence-electron chi connectivity index (χ3n) is 4.08. The molecule has 0 N–H and O–H groups in total. The van der Waals surface area contributed by atoms with Crippen LogP contribution in [0, 0.1) is 0 Å². The Labute approximate surface area is 133 Å². The first-order valence-electron chi connectivity index (χ1n) is 7.49. The largest absolute Gasteiger partial charge is 0.243 e. The molecule has 1 aromatic rings. The molecule has 1 saturated heterocycles. The maximum absolute atomic E-state index is 12.8. The topological polar surface area (TPSA) is 71.5 Å². The van der Waals surface area contributed by atoms with E-state index in [0.29, 0.717) is 12.3 Å². The van der Waals surface area contributed by atoms with Crippen LogP contribution < -0.4 is 0 Å². The summed E-state index contributed by atoms with van der Waals surface area (Å²) in [6, 6.07) is 6.39. The molecule has 7 heteroatoms. The Hall–Kier alpha value is -0.920. The number of hydrogen-bond donors (Lipinski definition) is 0. The minimum Gasteiger partial charge on any atom is -0.229 e. The van der Waals surface area contributed by atoms with E-state index < -0.39 is 25.9 Å². The van der Waals surface area contributed by atoms with Crippen LogP contribution in [0.4, 0.5) is 0 Å². The average molecular weight is 345 g/mol. The van der Waals surface area contributed by atoms with E-state index in [4.69, 9.17) is 0 Å². The van der Waals surface area contributed by atoms with Crippen molar-refractivity contribution in [2.24, 2.45) is 0 Å². The maximum atomic E-state index is 12.8. The predicted molar refractivity (Wildman–Crippen MR) is 87.2 cm³/mol. The zero-order chi connectivity index (χ0) is 16.5. The minimum absolute atomic E-state index is 0.0655. The standard InChI is InChI=1S/C15H23NO4S2/c1-4-16(14-9-10-21(17,18)11-14)22(19,20)15-7-5-13(6-8-15)12(2)3/h5-8,12,14H,4,9-11H2,1-3H3. The van der Waals surface area contributed by atoms with Crippen molar-refractivity contribution >= 4 is 19.9 Å². The number of sulfone groups is 1. The second-order valence-corrected chi connectivity index (χ2v) is 10.1. The summed E-state index contributed by atoms with van der Waals surface area (Å²) >= 11 is 0. The molecule has 0 amide bonds. The Kier molecular flexibility index (Phi) is 4.99. The van der Waals surface area contributed by atoms with E-state index in [1.165, 1.54) is 4.31 Å². The van der Waals surface area contributed by atoms with Crippen molar-refractivity contribution in [3.8, 4) is 0 Å².